The number of hydrogen-bond donors (Lipinski definition) is 1. The number of ether oxygens (including phenoxy) is 1. The van der Waals surface area contributed by atoms with Gasteiger partial charge in [-0.25, -0.2) is 0 Å². The lowest BCUT2D eigenvalue weighted by Crippen LogP contribution is -2.18. The Morgan fingerprint density at radius 3 is 3.19 bits per heavy atom. The molecular formula is C11H12N4O. The van der Waals surface area contributed by atoms with E-state index in [1.54, 1.807) is 17.1 Å². The lowest BCUT2D eigenvalue weighted by Gasteiger charge is -2.18. The van der Waals surface area contributed by atoms with E-state index in [-0.39, 0.29) is 0 Å². The van der Waals surface area contributed by atoms with Gasteiger partial charge in [0.1, 0.15) is 12.4 Å². The lowest BCUT2D eigenvalue weighted by atomic mass is 10.2. The SMILES string of the molecule is Cn1cc(-c2cc3c(cn2)NCCO3)cn1. The summed E-state index contributed by atoms with van der Waals surface area (Å²) in [6, 6.07) is 1.94. The molecule has 2 aromatic heterocycles. The predicted octanol–water partition coefficient (Wildman–Crippen LogP) is 1.29. The summed E-state index contributed by atoms with van der Waals surface area (Å²) >= 11 is 0. The average Bonchev–Trinajstić information content (AvgIpc) is 2.75. The normalized spacial score (nSPS) is 13.8. The third-order valence-corrected chi connectivity index (χ3v) is 2.54. The standard InChI is InChI=1S/C11H12N4O/c1-15-7-8(5-14-15)9-4-11-10(6-13-9)12-2-3-16-11/h4-7,12H,2-3H2,1H3. The zero-order valence-corrected chi connectivity index (χ0v) is 8.97. The second-order valence-electron chi connectivity index (χ2n) is 3.74. The molecule has 3 heterocycles. The van der Waals surface area contributed by atoms with E-state index in [4.69, 9.17) is 4.74 Å². The summed E-state index contributed by atoms with van der Waals surface area (Å²) in [7, 11) is 1.89. The van der Waals surface area contributed by atoms with Crippen LogP contribution in [0.1, 0.15) is 0 Å². The van der Waals surface area contributed by atoms with Crippen molar-refractivity contribution in [3.63, 3.8) is 0 Å². The van der Waals surface area contributed by atoms with E-state index in [1.165, 1.54) is 0 Å². The molecule has 5 heteroatoms. The van der Waals surface area contributed by atoms with Gasteiger partial charge in [-0.15, -0.1) is 0 Å². The molecule has 1 aliphatic rings. The Kier molecular flexibility index (Phi) is 2.02. The summed E-state index contributed by atoms with van der Waals surface area (Å²) in [6.07, 6.45) is 5.53. The maximum atomic E-state index is 5.56. The zero-order valence-electron chi connectivity index (χ0n) is 8.97. The highest BCUT2D eigenvalue weighted by molar-refractivity contribution is 5.66. The van der Waals surface area contributed by atoms with Crippen LogP contribution in [0, 0.1) is 0 Å². The van der Waals surface area contributed by atoms with Gasteiger partial charge in [-0.1, -0.05) is 0 Å². The first-order chi connectivity index (χ1) is 7.83. The molecule has 0 bridgehead atoms. The monoisotopic (exact) mass is 216 g/mol. The van der Waals surface area contributed by atoms with Crippen molar-refractivity contribution in [2.75, 3.05) is 18.5 Å². The molecule has 0 amide bonds. The topological polar surface area (TPSA) is 52.0 Å². The number of pyridine rings is 1. The van der Waals surface area contributed by atoms with Crippen LogP contribution in [-0.2, 0) is 7.05 Å². The number of aryl methyl sites for hydroxylation is 1. The molecule has 0 aromatic carbocycles. The minimum Gasteiger partial charge on any atom is -0.489 e. The van der Waals surface area contributed by atoms with Crippen LogP contribution >= 0.6 is 0 Å². The molecule has 0 spiro atoms. The Morgan fingerprint density at radius 1 is 1.44 bits per heavy atom. The minimum atomic E-state index is 0.698. The van der Waals surface area contributed by atoms with Crippen LogP contribution in [0.4, 0.5) is 5.69 Å². The maximum Gasteiger partial charge on any atom is 0.146 e. The fourth-order valence-corrected chi connectivity index (χ4v) is 1.75. The van der Waals surface area contributed by atoms with Crippen molar-refractivity contribution in [2.24, 2.45) is 7.05 Å². The molecule has 1 aliphatic heterocycles. The molecule has 0 atom stereocenters. The summed E-state index contributed by atoms with van der Waals surface area (Å²) in [5.41, 5.74) is 2.84. The Labute approximate surface area is 93.1 Å². The third-order valence-electron chi connectivity index (χ3n) is 2.54. The van der Waals surface area contributed by atoms with Crippen LogP contribution in [0.3, 0.4) is 0 Å². The highest BCUT2D eigenvalue weighted by Gasteiger charge is 2.12. The highest BCUT2D eigenvalue weighted by Crippen LogP contribution is 2.30. The Bertz CT molecular complexity index is 520. The molecule has 1 N–H and O–H groups in total. The number of rotatable bonds is 1. The first-order valence-corrected chi connectivity index (χ1v) is 5.19. The quantitative estimate of drug-likeness (QED) is 0.780. The zero-order chi connectivity index (χ0) is 11.0. The van der Waals surface area contributed by atoms with E-state index in [1.807, 2.05) is 19.3 Å². The minimum absolute atomic E-state index is 0.698. The number of anilines is 1. The number of hydrogen-bond acceptors (Lipinski definition) is 4. The Hall–Kier alpha value is -2.04. The molecule has 0 unspecified atom stereocenters. The van der Waals surface area contributed by atoms with E-state index in [9.17, 15) is 0 Å². The van der Waals surface area contributed by atoms with Crippen LogP contribution < -0.4 is 10.1 Å². The second kappa shape index (κ2) is 3.52. The van der Waals surface area contributed by atoms with Crippen LogP contribution in [0.15, 0.2) is 24.7 Å². The van der Waals surface area contributed by atoms with Crippen molar-refractivity contribution in [1.82, 2.24) is 14.8 Å². The highest BCUT2D eigenvalue weighted by atomic mass is 16.5. The Balaban J connectivity index is 2.02. The molecule has 0 fully saturated rings. The van der Waals surface area contributed by atoms with Gasteiger partial charge in [0.15, 0.2) is 0 Å². The molecule has 82 valence electrons. The largest absolute Gasteiger partial charge is 0.489 e. The fraction of sp³-hybridized carbons (Fsp3) is 0.273. The van der Waals surface area contributed by atoms with Crippen molar-refractivity contribution < 1.29 is 4.74 Å². The summed E-state index contributed by atoms with van der Waals surface area (Å²) < 4.78 is 7.32. The average molecular weight is 216 g/mol. The van der Waals surface area contributed by atoms with Crippen LogP contribution in [0.2, 0.25) is 0 Å². The summed E-state index contributed by atoms with van der Waals surface area (Å²) in [4.78, 5) is 4.38. The van der Waals surface area contributed by atoms with Crippen molar-refractivity contribution >= 4 is 5.69 Å². The third kappa shape index (κ3) is 1.50. The van der Waals surface area contributed by atoms with Gasteiger partial charge in [0.2, 0.25) is 0 Å². The molecule has 3 rings (SSSR count). The van der Waals surface area contributed by atoms with Gasteiger partial charge in [-0.3, -0.25) is 9.67 Å². The molecule has 0 radical (unpaired) electrons. The Morgan fingerprint density at radius 2 is 2.38 bits per heavy atom. The van der Waals surface area contributed by atoms with E-state index in [0.717, 1.165) is 29.2 Å². The van der Waals surface area contributed by atoms with Crippen LogP contribution in [0.5, 0.6) is 5.75 Å². The first kappa shape index (κ1) is 9.21. The number of aromatic nitrogens is 3. The fourth-order valence-electron chi connectivity index (χ4n) is 1.75. The molecule has 0 aliphatic carbocycles. The number of nitrogens with one attached hydrogen (secondary N) is 1. The van der Waals surface area contributed by atoms with Gasteiger partial charge >= 0.3 is 0 Å². The summed E-state index contributed by atoms with van der Waals surface area (Å²) in [5.74, 6) is 0.861. The predicted molar refractivity (Wildman–Crippen MR) is 60.4 cm³/mol. The molecule has 16 heavy (non-hydrogen) atoms. The summed E-state index contributed by atoms with van der Waals surface area (Å²) in [5, 5.41) is 7.36. The van der Waals surface area contributed by atoms with Crippen molar-refractivity contribution in [3.8, 4) is 17.0 Å². The smallest absolute Gasteiger partial charge is 0.146 e. The molecule has 0 saturated heterocycles. The maximum absolute atomic E-state index is 5.56. The lowest BCUT2D eigenvalue weighted by molar-refractivity contribution is 0.323. The van der Waals surface area contributed by atoms with Gasteiger partial charge in [0.05, 0.1) is 23.8 Å². The van der Waals surface area contributed by atoms with Gasteiger partial charge in [0.25, 0.3) is 0 Å². The summed E-state index contributed by atoms with van der Waals surface area (Å²) in [6.45, 7) is 1.53. The van der Waals surface area contributed by atoms with Gasteiger partial charge in [-0.2, -0.15) is 5.10 Å². The molecular weight excluding hydrogens is 204 g/mol. The molecule has 2 aromatic rings. The van der Waals surface area contributed by atoms with Gasteiger partial charge in [-0.05, 0) is 0 Å². The molecule has 0 saturated carbocycles. The number of fused-ring (bicyclic) bond motifs is 1. The van der Waals surface area contributed by atoms with E-state index in [2.05, 4.69) is 15.4 Å². The van der Waals surface area contributed by atoms with E-state index < -0.39 is 0 Å². The van der Waals surface area contributed by atoms with Gasteiger partial charge in [0, 0.05) is 31.4 Å². The second-order valence-corrected chi connectivity index (χ2v) is 3.74. The van der Waals surface area contributed by atoms with Gasteiger partial charge < -0.3 is 10.1 Å². The van der Waals surface area contributed by atoms with Crippen molar-refractivity contribution in [2.45, 2.75) is 0 Å². The van der Waals surface area contributed by atoms with Crippen LogP contribution in [0.25, 0.3) is 11.3 Å². The number of nitrogens with zero attached hydrogens (tertiary/aromatic N) is 3. The van der Waals surface area contributed by atoms with Crippen molar-refractivity contribution in [3.05, 3.63) is 24.7 Å². The molecule has 5 nitrogen and oxygen atoms in total. The van der Waals surface area contributed by atoms with Crippen molar-refractivity contribution in [1.29, 1.82) is 0 Å². The van der Waals surface area contributed by atoms with E-state index >= 15 is 0 Å². The first-order valence-electron chi connectivity index (χ1n) is 5.19. The van der Waals surface area contributed by atoms with E-state index in [0.29, 0.717) is 6.61 Å². The van der Waals surface area contributed by atoms with Crippen LogP contribution in [-0.4, -0.2) is 27.9 Å².